The minimum atomic E-state index is -0.212. The highest BCUT2D eigenvalue weighted by atomic mass is 35.5. The molecule has 1 N–H and O–H groups in total. The second-order valence-electron chi connectivity index (χ2n) is 4.86. The van der Waals surface area contributed by atoms with Gasteiger partial charge in [0.2, 0.25) is 0 Å². The van der Waals surface area contributed by atoms with Gasteiger partial charge in [0, 0.05) is 21.5 Å². The van der Waals surface area contributed by atoms with Crippen molar-refractivity contribution in [2.75, 3.05) is 7.05 Å². The van der Waals surface area contributed by atoms with Crippen molar-refractivity contribution in [3.8, 4) is 0 Å². The Bertz CT molecular complexity index is 507. The van der Waals surface area contributed by atoms with Crippen LogP contribution < -0.4 is 5.32 Å². The molecule has 0 aliphatic heterocycles. The minimum absolute atomic E-state index is 0.212. The lowest BCUT2D eigenvalue weighted by Gasteiger charge is -2.17. The van der Waals surface area contributed by atoms with Gasteiger partial charge >= 0.3 is 0 Å². The van der Waals surface area contributed by atoms with Crippen LogP contribution in [0.1, 0.15) is 23.3 Å². The Kier molecular flexibility index (Phi) is 6.02. The van der Waals surface area contributed by atoms with Crippen molar-refractivity contribution in [2.45, 2.75) is 31.7 Å². The van der Waals surface area contributed by atoms with E-state index in [9.17, 15) is 4.39 Å². The molecule has 1 unspecified atom stereocenters. The van der Waals surface area contributed by atoms with Crippen LogP contribution in [0.25, 0.3) is 0 Å². The van der Waals surface area contributed by atoms with Crippen molar-refractivity contribution in [2.24, 2.45) is 0 Å². The second kappa shape index (κ2) is 7.77. The van der Waals surface area contributed by atoms with Crippen molar-refractivity contribution in [3.63, 3.8) is 0 Å². The first-order valence-electron chi connectivity index (χ1n) is 6.83. The van der Waals surface area contributed by atoms with Gasteiger partial charge in [-0.1, -0.05) is 23.7 Å². The van der Waals surface area contributed by atoms with Crippen LogP contribution in [-0.4, -0.2) is 13.1 Å². The fourth-order valence-electron chi connectivity index (χ4n) is 2.30. The van der Waals surface area contributed by atoms with E-state index in [-0.39, 0.29) is 11.9 Å². The van der Waals surface area contributed by atoms with Gasteiger partial charge in [0.1, 0.15) is 5.82 Å². The fraction of sp³-hybridized carbons (Fsp3) is 0.375. The predicted octanol–water partition coefficient (Wildman–Crippen LogP) is 4.69. The van der Waals surface area contributed by atoms with Gasteiger partial charge in [0.25, 0.3) is 0 Å². The summed E-state index contributed by atoms with van der Waals surface area (Å²) in [6.07, 6.45) is 3.82. The average molecular weight is 312 g/mol. The molecule has 20 heavy (non-hydrogen) atoms. The molecular weight excluding hydrogens is 293 g/mol. The fourth-order valence-corrected chi connectivity index (χ4v) is 3.29. The quantitative estimate of drug-likeness (QED) is 0.782. The molecule has 1 atom stereocenters. The molecule has 0 bridgehead atoms. The summed E-state index contributed by atoms with van der Waals surface area (Å²) in [4.78, 5) is 1.41. The van der Waals surface area contributed by atoms with Gasteiger partial charge in [-0.25, -0.2) is 4.39 Å². The molecule has 1 nitrogen and oxygen atoms in total. The summed E-state index contributed by atoms with van der Waals surface area (Å²) in [5.74, 6) is -0.212. The first-order valence-corrected chi connectivity index (χ1v) is 8.09. The number of aryl methyl sites for hydroxylation is 1. The highest BCUT2D eigenvalue weighted by Crippen LogP contribution is 2.22. The number of thiophene rings is 1. The largest absolute Gasteiger partial charge is 0.317 e. The smallest absolute Gasteiger partial charge is 0.127 e. The van der Waals surface area contributed by atoms with E-state index in [2.05, 4.69) is 22.8 Å². The highest BCUT2D eigenvalue weighted by Gasteiger charge is 2.13. The van der Waals surface area contributed by atoms with E-state index in [1.165, 1.54) is 10.9 Å². The van der Waals surface area contributed by atoms with Gasteiger partial charge in [-0.2, -0.15) is 0 Å². The van der Waals surface area contributed by atoms with Crippen LogP contribution in [0.3, 0.4) is 0 Å². The molecule has 0 spiro atoms. The monoisotopic (exact) mass is 311 g/mol. The Hall–Kier alpha value is -0.900. The number of benzene rings is 1. The Morgan fingerprint density at radius 3 is 2.80 bits per heavy atom. The Labute approximate surface area is 128 Å². The van der Waals surface area contributed by atoms with Crippen molar-refractivity contribution < 1.29 is 4.39 Å². The standard InChI is InChI=1S/C16H19ClFNS/c1-19-12(5-2-6-13-7-4-10-20-13)11-14-15(17)8-3-9-16(14)18/h3-4,7-10,12,19H,2,5-6,11H2,1H3. The number of halogens is 2. The minimum Gasteiger partial charge on any atom is -0.317 e. The lowest BCUT2D eigenvalue weighted by molar-refractivity contribution is 0.490. The van der Waals surface area contributed by atoms with Crippen molar-refractivity contribution >= 4 is 22.9 Å². The zero-order valence-corrected chi connectivity index (χ0v) is 13.1. The van der Waals surface area contributed by atoms with Crippen molar-refractivity contribution in [1.82, 2.24) is 5.32 Å². The van der Waals surface area contributed by atoms with Gasteiger partial charge in [0.05, 0.1) is 0 Å². The Morgan fingerprint density at radius 1 is 1.30 bits per heavy atom. The van der Waals surface area contributed by atoms with E-state index in [0.717, 1.165) is 19.3 Å². The normalized spacial score (nSPS) is 12.6. The van der Waals surface area contributed by atoms with Crippen LogP contribution in [0.4, 0.5) is 4.39 Å². The van der Waals surface area contributed by atoms with Crippen LogP contribution in [0.2, 0.25) is 5.02 Å². The molecule has 108 valence electrons. The third-order valence-corrected chi connectivity index (χ3v) is 4.77. The van der Waals surface area contributed by atoms with Crippen molar-refractivity contribution in [3.05, 3.63) is 57.0 Å². The third kappa shape index (κ3) is 4.30. The van der Waals surface area contributed by atoms with Gasteiger partial charge in [-0.3, -0.25) is 0 Å². The molecule has 0 saturated carbocycles. The molecule has 4 heteroatoms. The zero-order valence-electron chi connectivity index (χ0n) is 11.5. The molecule has 2 rings (SSSR count). The molecule has 1 aromatic carbocycles. The molecule has 0 aliphatic rings. The van der Waals surface area contributed by atoms with Crippen LogP contribution in [0, 0.1) is 5.82 Å². The summed E-state index contributed by atoms with van der Waals surface area (Å²) in [7, 11) is 1.92. The topological polar surface area (TPSA) is 12.0 Å². The van der Waals surface area contributed by atoms with E-state index in [0.29, 0.717) is 17.0 Å². The summed E-state index contributed by atoms with van der Waals surface area (Å²) >= 11 is 7.87. The predicted molar refractivity (Wildman–Crippen MR) is 85.2 cm³/mol. The molecule has 1 aromatic heterocycles. The van der Waals surface area contributed by atoms with Crippen LogP contribution >= 0.6 is 22.9 Å². The summed E-state index contributed by atoms with van der Waals surface area (Å²) in [6.45, 7) is 0. The molecule has 0 fully saturated rings. The number of likely N-dealkylation sites (N-methyl/N-ethyl adjacent to an activating group) is 1. The SMILES string of the molecule is CNC(CCCc1cccs1)Cc1c(F)cccc1Cl. The summed E-state index contributed by atoms with van der Waals surface area (Å²) in [6, 6.07) is 9.36. The lowest BCUT2D eigenvalue weighted by Crippen LogP contribution is -2.28. The van der Waals surface area contributed by atoms with E-state index >= 15 is 0 Å². The van der Waals surface area contributed by atoms with E-state index in [1.54, 1.807) is 23.5 Å². The molecule has 0 amide bonds. The number of rotatable bonds is 7. The third-order valence-electron chi connectivity index (χ3n) is 3.48. The maximum atomic E-state index is 13.8. The van der Waals surface area contributed by atoms with E-state index in [4.69, 9.17) is 11.6 Å². The first-order chi connectivity index (χ1) is 9.70. The van der Waals surface area contributed by atoms with Crippen LogP contribution in [0.15, 0.2) is 35.7 Å². The summed E-state index contributed by atoms with van der Waals surface area (Å²) in [5.41, 5.74) is 0.615. The van der Waals surface area contributed by atoms with E-state index < -0.39 is 0 Å². The molecule has 0 aliphatic carbocycles. The maximum Gasteiger partial charge on any atom is 0.127 e. The molecule has 0 radical (unpaired) electrons. The van der Waals surface area contributed by atoms with Crippen LogP contribution in [-0.2, 0) is 12.8 Å². The highest BCUT2D eigenvalue weighted by molar-refractivity contribution is 7.09. The Morgan fingerprint density at radius 2 is 2.15 bits per heavy atom. The van der Waals surface area contributed by atoms with Gasteiger partial charge in [-0.15, -0.1) is 11.3 Å². The van der Waals surface area contributed by atoms with Gasteiger partial charge < -0.3 is 5.32 Å². The average Bonchev–Trinajstić information content (AvgIpc) is 2.94. The van der Waals surface area contributed by atoms with Crippen LogP contribution in [0.5, 0.6) is 0 Å². The van der Waals surface area contributed by atoms with Gasteiger partial charge in [-0.05, 0) is 56.3 Å². The molecule has 1 heterocycles. The lowest BCUT2D eigenvalue weighted by atomic mass is 10.0. The number of hydrogen-bond acceptors (Lipinski definition) is 2. The zero-order chi connectivity index (χ0) is 14.4. The molecular formula is C16H19ClFNS. The molecule has 0 saturated heterocycles. The first kappa shape index (κ1) is 15.5. The molecule has 2 aromatic rings. The van der Waals surface area contributed by atoms with Crippen molar-refractivity contribution in [1.29, 1.82) is 0 Å². The maximum absolute atomic E-state index is 13.8. The summed E-state index contributed by atoms with van der Waals surface area (Å²) < 4.78 is 13.8. The second-order valence-corrected chi connectivity index (χ2v) is 6.30. The number of hydrogen-bond donors (Lipinski definition) is 1. The van der Waals surface area contributed by atoms with E-state index in [1.807, 2.05) is 7.05 Å². The number of nitrogens with one attached hydrogen (secondary N) is 1. The summed E-state index contributed by atoms with van der Waals surface area (Å²) in [5, 5.41) is 5.88. The van der Waals surface area contributed by atoms with Gasteiger partial charge in [0.15, 0.2) is 0 Å². The Balaban J connectivity index is 1.88.